The Balaban J connectivity index is 2.23. The Hall–Kier alpha value is -2.17. The van der Waals surface area contributed by atoms with Crippen molar-refractivity contribution < 1.29 is 14.6 Å². The molecule has 5 nitrogen and oxygen atoms in total. The maximum Gasteiger partial charge on any atom is 0.358 e. The molecular formula is C14H14N2O3. The van der Waals surface area contributed by atoms with E-state index in [9.17, 15) is 9.90 Å². The third kappa shape index (κ3) is 2.12. The standard InChI is InChI=1S/C14H14N2O3/c1-2-19-10-7-9-5-6-15-11(8-3-4-8)12(9)16-13(10)14(17)18/h5-8H,2-4H2,1H3,(H,17,18). The summed E-state index contributed by atoms with van der Waals surface area (Å²) < 4.78 is 5.36. The van der Waals surface area contributed by atoms with Gasteiger partial charge in [0, 0.05) is 17.5 Å². The van der Waals surface area contributed by atoms with Gasteiger partial charge in [-0.15, -0.1) is 0 Å². The Bertz CT molecular complexity index is 650. The summed E-state index contributed by atoms with van der Waals surface area (Å²) in [6.45, 7) is 2.23. The fraction of sp³-hybridized carbons (Fsp3) is 0.357. The van der Waals surface area contributed by atoms with E-state index in [0.29, 0.717) is 23.8 Å². The van der Waals surface area contributed by atoms with Gasteiger partial charge in [0.05, 0.1) is 17.8 Å². The zero-order chi connectivity index (χ0) is 13.4. The molecular weight excluding hydrogens is 244 g/mol. The van der Waals surface area contributed by atoms with Gasteiger partial charge in [-0.05, 0) is 31.9 Å². The van der Waals surface area contributed by atoms with Crippen molar-refractivity contribution in [3.8, 4) is 5.75 Å². The van der Waals surface area contributed by atoms with Crippen LogP contribution in [0.2, 0.25) is 0 Å². The smallest absolute Gasteiger partial charge is 0.358 e. The first kappa shape index (κ1) is 11.9. The number of carbonyl (C=O) groups is 1. The van der Waals surface area contributed by atoms with Crippen molar-refractivity contribution in [2.75, 3.05) is 6.61 Å². The quantitative estimate of drug-likeness (QED) is 0.912. The highest BCUT2D eigenvalue weighted by molar-refractivity contribution is 5.94. The summed E-state index contributed by atoms with van der Waals surface area (Å²) in [6, 6.07) is 3.57. The zero-order valence-electron chi connectivity index (χ0n) is 10.6. The summed E-state index contributed by atoms with van der Waals surface area (Å²) in [6.07, 6.45) is 3.95. The summed E-state index contributed by atoms with van der Waals surface area (Å²) >= 11 is 0. The number of nitrogens with zero attached hydrogens (tertiary/aromatic N) is 2. The molecule has 1 saturated carbocycles. The number of hydrogen-bond acceptors (Lipinski definition) is 4. The van der Waals surface area contributed by atoms with Crippen molar-refractivity contribution in [1.82, 2.24) is 9.97 Å². The van der Waals surface area contributed by atoms with E-state index >= 15 is 0 Å². The first-order valence-electron chi connectivity index (χ1n) is 6.36. The number of hydrogen-bond donors (Lipinski definition) is 1. The van der Waals surface area contributed by atoms with Crippen molar-refractivity contribution in [2.24, 2.45) is 0 Å². The van der Waals surface area contributed by atoms with Gasteiger partial charge in [-0.3, -0.25) is 4.98 Å². The molecule has 5 heteroatoms. The van der Waals surface area contributed by atoms with Gasteiger partial charge < -0.3 is 9.84 Å². The number of aromatic carboxylic acids is 1. The average molecular weight is 258 g/mol. The van der Waals surface area contributed by atoms with Crippen LogP contribution >= 0.6 is 0 Å². The highest BCUT2D eigenvalue weighted by Crippen LogP contribution is 2.41. The number of rotatable bonds is 4. The number of ether oxygens (including phenoxy) is 1. The van der Waals surface area contributed by atoms with Gasteiger partial charge in [0.15, 0.2) is 11.4 Å². The molecule has 0 aliphatic heterocycles. The van der Waals surface area contributed by atoms with Gasteiger partial charge in [0.2, 0.25) is 0 Å². The van der Waals surface area contributed by atoms with Crippen molar-refractivity contribution in [3.63, 3.8) is 0 Å². The lowest BCUT2D eigenvalue weighted by atomic mass is 10.1. The molecule has 1 fully saturated rings. The van der Waals surface area contributed by atoms with E-state index in [1.54, 1.807) is 12.3 Å². The molecule has 0 saturated heterocycles. The molecule has 3 rings (SSSR count). The van der Waals surface area contributed by atoms with Crippen LogP contribution < -0.4 is 4.74 Å². The Morgan fingerprint density at radius 3 is 2.95 bits per heavy atom. The lowest BCUT2D eigenvalue weighted by molar-refractivity contribution is 0.0686. The zero-order valence-corrected chi connectivity index (χ0v) is 10.6. The summed E-state index contributed by atoms with van der Waals surface area (Å²) in [4.78, 5) is 19.9. The number of aromatic nitrogens is 2. The molecule has 0 aromatic carbocycles. The number of pyridine rings is 2. The predicted octanol–water partition coefficient (Wildman–Crippen LogP) is 2.60. The van der Waals surface area contributed by atoms with Crippen LogP contribution in [0.15, 0.2) is 18.3 Å². The van der Waals surface area contributed by atoms with Gasteiger partial charge in [-0.25, -0.2) is 9.78 Å². The third-order valence-electron chi connectivity index (χ3n) is 3.19. The molecule has 0 unspecified atom stereocenters. The fourth-order valence-electron chi connectivity index (χ4n) is 2.17. The Kier molecular flexibility index (Phi) is 2.81. The van der Waals surface area contributed by atoms with Crippen molar-refractivity contribution in [1.29, 1.82) is 0 Å². The first-order chi connectivity index (χ1) is 9.20. The molecule has 2 aromatic heterocycles. The van der Waals surface area contributed by atoms with Gasteiger partial charge >= 0.3 is 5.97 Å². The molecule has 98 valence electrons. The SMILES string of the molecule is CCOc1cc2ccnc(C3CC3)c2nc1C(=O)O. The van der Waals surface area contributed by atoms with Crippen LogP contribution in [0.4, 0.5) is 0 Å². The highest BCUT2D eigenvalue weighted by atomic mass is 16.5. The molecule has 0 radical (unpaired) electrons. The highest BCUT2D eigenvalue weighted by Gasteiger charge is 2.28. The van der Waals surface area contributed by atoms with Gasteiger partial charge in [-0.1, -0.05) is 0 Å². The molecule has 1 N–H and O–H groups in total. The fourth-order valence-corrected chi connectivity index (χ4v) is 2.17. The summed E-state index contributed by atoms with van der Waals surface area (Å²) in [5.41, 5.74) is 1.55. The second-order valence-electron chi connectivity index (χ2n) is 4.62. The van der Waals surface area contributed by atoms with Crippen molar-refractivity contribution in [2.45, 2.75) is 25.7 Å². The number of carboxylic acid groups (broad SMARTS) is 1. The van der Waals surface area contributed by atoms with Crippen LogP contribution in [0.3, 0.4) is 0 Å². The topological polar surface area (TPSA) is 72.3 Å². The molecule has 2 aromatic rings. The van der Waals surface area contributed by atoms with Crippen molar-refractivity contribution in [3.05, 3.63) is 29.7 Å². The Morgan fingerprint density at radius 1 is 1.53 bits per heavy atom. The third-order valence-corrected chi connectivity index (χ3v) is 3.19. The lowest BCUT2D eigenvalue weighted by Crippen LogP contribution is -2.07. The Morgan fingerprint density at radius 2 is 2.32 bits per heavy atom. The predicted molar refractivity (Wildman–Crippen MR) is 69.6 cm³/mol. The van der Waals surface area contributed by atoms with Crippen molar-refractivity contribution >= 4 is 16.9 Å². The van der Waals surface area contributed by atoms with Gasteiger partial charge in [-0.2, -0.15) is 0 Å². The van der Waals surface area contributed by atoms with E-state index in [4.69, 9.17) is 4.74 Å². The Labute approximate surface area is 110 Å². The van der Waals surface area contributed by atoms with E-state index in [2.05, 4.69) is 9.97 Å². The first-order valence-corrected chi connectivity index (χ1v) is 6.36. The van der Waals surface area contributed by atoms with Crippen LogP contribution in [-0.4, -0.2) is 27.7 Å². The van der Waals surface area contributed by atoms with Crippen LogP contribution in [-0.2, 0) is 0 Å². The summed E-state index contributed by atoms with van der Waals surface area (Å²) in [7, 11) is 0. The molecule has 2 heterocycles. The van der Waals surface area contributed by atoms with E-state index in [1.807, 2.05) is 13.0 Å². The molecule has 0 spiro atoms. The maximum atomic E-state index is 11.3. The minimum Gasteiger partial charge on any atom is -0.491 e. The monoisotopic (exact) mass is 258 g/mol. The molecule has 1 aliphatic carbocycles. The second-order valence-corrected chi connectivity index (χ2v) is 4.62. The minimum absolute atomic E-state index is 0.0377. The van der Waals surface area contributed by atoms with E-state index in [1.165, 1.54) is 0 Å². The second kappa shape index (κ2) is 4.50. The minimum atomic E-state index is -1.07. The van der Waals surface area contributed by atoms with E-state index in [0.717, 1.165) is 23.9 Å². The van der Waals surface area contributed by atoms with E-state index < -0.39 is 5.97 Å². The maximum absolute atomic E-state index is 11.3. The molecule has 1 aliphatic rings. The summed E-state index contributed by atoms with van der Waals surface area (Å²) in [5, 5.41) is 10.1. The molecule has 0 amide bonds. The van der Waals surface area contributed by atoms with Crippen LogP contribution in [0.25, 0.3) is 10.9 Å². The van der Waals surface area contributed by atoms with E-state index in [-0.39, 0.29) is 5.69 Å². The van der Waals surface area contributed by atoms with Crippen LogP contribution in [0.5, 0.6) is 5.75 Å². The average Bonchev–Trinajstić information content (AvgIpc) is 3.21. The largest absolute Gasteiger partial charge is 0.491 e. The normalized spacial score (nSPS) is 14.6. The van der Waals surface area contributed by atoms with Crippen LogP contribution in [0.1, 0.15) is 41.9 Å². The molecule has 0 bridgehead atoms. The molecule has 0 atom stereocenters. The number of carboxylic acids is 1. The molecule has 19 heavy (non-hydrogen) atoms. The van der Waals surface area contributed by atoms with Gasteiger partial charge in [0.25, 0.3) is 0 Å². The van der Waals surface area contributed by atoms with Crippen LogP contribution in [0, 0.1) is 0 Å². The van der Waals surface area contributed by atoms with Gasteiger partial charge in [0.1, 0.15) is 0 Å². The number of fused-ring (bicyclic) bond motifs is 1. The lowest BCUT2D eigenvalue weighted by Gasteiger charge is -2.10. The summed E-state index contributed by atoms with van der Waals surface area (Å²) in [5.74, 6) is -0.331.